The standard InChI is InChI=1S/C18H21BF3N3O4S/c1-2-29-17(26)10-25-16-5-3-4-15(12(16)9-23-25)24-30(27,28)11-6-7-14(19)13(8-11)18(20,21)22/h6-9,15,24H,2-5,10,19H2,1H3. The molecule has 0 fully saturated rings. The number of nitrogens with one attached hydrogen (secondary N) is 1. The Bertz CT molecular complexity index is 1050. The number of halogens is 3. The predicted molar refractivity (Wildman–Crippen MR) is 104 cm³/mol. The molecule has 2 aromatic rings. The van der Waals surface area contributed by atoms with E-state index in [0.29, 0.717) is 36.6 Å². The van der Waals surface area contributed by atoms with Crippen molar-refractivity contribution in [2.75, 3.05) is 6.61 Å². The quantitative estimate of drug-likeness (QED) is 0.533. The minimum atomic E-state index is -4.65. The molecule has 0 saturated heterocycles. The molecule has 30 heavy (non-hydrogen) atoms. The summed E-state index contributed by atoms with van der Waals surface area (Å²) in [6.07, 6.45) is -1.46. The molecule has 0 radical (unpaired) electrons. The number of benzene rings is 1. The summed E-state index contributed by atoms with van der Waals surface area (Å²) in [5.74, 6) is -0.453. The summed E-state index contributed by atoms with van der Waals surface area (Å²) < 4.78 is 74.0. The molecular formula is C18H21BF3N3O4S. The van der Waals surface area contributed by atoms with Crippen molar-refractivity contribution in [2.45, 2.75) is 49.8 Å². The number of fused-ring (bicyclic) bond motifs is 1. The van der Waals surface area contributed by atoms with Crippen LogP contribution in [0.1, 0.15) is 42.6 Å². The lowest BCUT2D eigenvalue weighted by atomic mass is 9.90. The van der Waals surface area contributed by atoms with Gasteiger partial charge in [-0.1, -0.05) is 11.5 Å². The number of ether oxygens (including phenoxy) is 1. The first-order valence-electron chi connectivity index (χ1n) is 9.43. The van der Waals surface area contributed by atoms with E-state index in [9.17, 15) is 26.4 Å². The molecule has 1 aliphatic rings. The van der Waals surface area contributed by atoms with Crippen LogP contribution in [0, 0.1) is 0 Å². The molecular weight excluding hydrogens is 422 g/mol. The number of sulfonamides is 1. The predicted octanol–water partition coefficient (Wildman–Crippen LogP) is 1.08. The summed E-state index contributed by atoms with van der Waals surface area (Å²) in [5.41, 5.74) is 0.276. The van der Waals surface area contributed by atoms with Crippen molar-refractivity contribution in [3.05, 3.63) is 41.2 Å². The van der Waals surface area contributed by atoms with Crippen LogP contribution < -0.4 is 10.2 Å². The van der Waals surface area contributed by atoms with Crippen LogP contribution in [0.4, 0.5) is 13.2 Å². The van der Waals surface area contributed by atoms with E-state index < -0.39 is 38.7 Å². The highest BCUT2D eigenvalue weighted by molar-refractivity contribution is 7.89. The normalized spacial score (nSPS) is 16.9. The number of hydrogen-bond acceptors (Lipinski definition) is 5. The Hall–Kier alpha value is -2.34. The van der Waals surface area contributed by atoms with Crippen molar-refractivity contribution in [1.82, 2.24) is 14.5 Å². The zero-order valence-electron chi connectivity index (χ0n) is 16.5. The zero-order valence-corrected chi connectivity index (χ0v) is 17.3. The number of nitrogens with zero attached hydrogens (tertiary/aromatic N) is 2. The van der Waals surface area contributed by atoms with Crippen LogP contribution in [0.25, 0.3) is 0 Å². The lowest BCUT2D eigenvalue weighted by molar-refractivity contribution is -0.144. The molecule has 1 unspecified atom stereocenters. The highest BCUT2D eigenvalue weighted by Crippen LogP contribution is 2.32. The largest absolute Gasteiger partial charge is 0.465 e. The molecule has 1 aromatic heterocycles. The summed E-state index contributed by atoms with van der Waals surface area (Å²) in [4.78, 5) is 11.3. The maximum atomic E-state index is 13.2. The Morgan fingerprint density at radius 2 is 2.13 bits per heavy atom. The topological polar surface area (TPSA) is 90.3 Å². The molecule has 1 aromatic carbocycles. The lowest BCUT2D eigenvalue weighted by Crippen LogP contribution is -2.32. The van der Waals surface area contributed by atoms with Gasteiger partial charge in [-0.05, 0) is 38.3 Å². The molecule has 0 aliphatic heterocycles. The molecule has 162 valence electrons. The van der Waals surface area contributed by atoms with Crippen molar-refractivity contribution in [3.63, 3.8) is 0 Å². The van der Waals surface area contributed by atoms with E-state index in [1.54, 1.807) is 6.92 Å². The number of rotatable bonds is 6. The lowest BCUT2D eigenvalue weighted by Gasteiger charge is -2.24. The van der Waals surface area contributed by atoms with Crippen LogP contribution in [-0.2, 0) is 38.7 Å². The summed E-state index contributed by atoms with van der Waals surface area (Å²) in [6.45, 7) is 1.84. The van der Waals surface area contributed by atoms with Crippen molar-refractivity contribution in [3.8, 4) is 0 Å². The van der Waals surface area contributed by atoms with Gasteiger partial charge in [0.2, 0.25) is 10.0 Å². The van der Waals surface area contributed by atoms with Gasteiger partial charge in [0.1, 0.15) is 14.4 Å². The Kier molecular flexibility index (Phi) is 6.28. The minimum Gasteiger partial charge on any atom is -0.465 e. The molecule has 0 bridgehead atoms. The van der Waals surface area contributed by atoms with E-state index in [-0.39, 0.29) is 18.6 Å². The van der Waals surface area contributed by atoms with E-state index in [2.05, 4.69) is 9.82 Å². The SMILES string of the molecule is Bc1ccc(S(=O)(=O)NC2CCCc3c2cnn3CC(=O)OCC)cc1C(F)(F)F. The molecule has 7 nitrogen and oxygen atoms in total. The smallest absolute Gasteiger partial charge is 0.415 e. The summed E-state index contributed by atoms with van der Waals surface area (Å²) in [5, 5.41) is 4.16. The summed E-state index contributed by atoms with van der Waals surface area (Å²) >= 11 is 0. The van der Waals surface area contributed by atoms with Gasteiger partial charge in [-0.15, -0.1) is 0 Å². The van der Waals surface area contributed by atoms with E-state index in [0.717, 1.165) is 12.1 Å². The molecule has 1 aliphatic carbocycles. The molecule has 1 N–H and O–H groups in total. The summed E-state index contributed by atoms with van der Waals surface area (Å²) in [6, 6.07) is 2.29. The van der Waals surface area contributed by atoms with E-state index >= 15 is 0 Å². The molecule has 0 saturated carbocycles. The van der Waals surface area contributed by atoms with Crippen LogP contribution in [-0.4, -0.2) is 38.6 Å². The van der Waals surface area contributed by atoms with Gasteiger partial charge in [0, 0.05) is 11.3 Å². The molecule has 0 amide bonds. The van der Waals surface area contributed by atoms with Gasteiger partial charge < -0.3 is 4.74 Å². The maximum Gasteiger partial charge on any atom is 0.415 e. The minimum absolute atomic E-state index is 0.0540. The number of hydrogen-bond donors (Lipinski definition) is 1. The summed E-state index contributed by atoms with van der Waals surface area (Å²) in [7, 11) is -2.93. The first-order valence-corrected chi connectivity index (χ1v) is 10.9. The van der Waals surface area contributed by atoms with Crippen LogP contribution >= 0.6 is 0 Å². The van der Waals surface area contributed by atoms with Crippen LogP contribution in [0.2, 0.25) is 0 Å². The second-order valence-corrected chi connectivity index (χ2v) is 8.76. The van der Waals surface area contributed by atoms with Crippen molar-refractivity contribution < 1.29 is 31.1 Å². The highest BCUT2D eigenvalue weighted by atomic mass is 32.2. The Morgan fingerprint density at radius 1 is 1.40 bits per heavy atom. The third kappa shape index (κ3) is 4.70. The van der Waals surface area contributed by atoms with Gasteiger partial charge in [0.15, 0.2) is 0 Å². The van der Waals surface area contributed by atoms with Crippen LogP contribution in [0.5, 0.6) is 0 Å². The number of carbonyl (C=O) groups is 1. The van der Waals surface area contributed by atoms with Crippen molar-refractivity contribution in [1.29, 1.82) is 0 Å². The maximum absolute atomic E-state index is 13.2. The number of aromatic nitrogens is 2. The second-order valence-electron chi connectivity index (χ2n) is 7.05. The van der Waals surface area contributed by atoms with Crippen LogP contribution in [0.15, 0.2) is 29.3 Å². The molecule has 1 heterocycles. The van der Waals surface area contributed by atoms with Gasteiger partial charge in [0.05, 0.1) is 29.3 Å². The Labute approximate surface area is 173 Å². The first-order chi connectivity index (χ1) is 14.0. The van der Waals surface area contributed by atoms with E-state index in [1.165, 1.54) is 18.7 Å². The van der Waals surface area contributed by atoms with Crippen molar-refractivity contribution in [2.24, 2.45) is 0 Å². The third-order valence-corrected chi connectivity index (χ3v) is 6.44. The van der Waals surface area contributed by atoms with Gasteiger partial charge in [-0.2, -0.15) is 18.3 Å². The number of carbonyl (C=O) groups excluding carboxylic acids is 1. The highest BCUT2D eigenvalue weighted by Gasteiger charge is 2.34. The average molecular weight is 443 g/mol. The molecule has 1 atom stereocenters. The van der Waals surface area contributed by atoms with Gasteiger partial charge in [-0.25, -0.2) is 13.1 Å². The molecule has 12 heteroatoms. The van der Waals surface area contributed by atoms with Gasteiger partial charge >= 0.3 is 12.1 Å². The Morgan fingerprint density at radius 3 is 2.80 bits per heavy atom. The fraction of sp³-hybridized carbons (Fsp3) is 0.444. The third-order valence-electron chi connectivity index (χ3n) is 4.97. The van der Waals surface area contributed by atoms with Crippen molar-refractivity contribution >= 4 is 29.3 Å². The van der Waals surface area contributed by atoms with Gasteiger partial charge in [-0.3, -0.25) is 9.48 Å². The molecule has 3 rings (SSSR count). The number of esters is 1. The molecule has 0 spiro atoms. The zero-order chi connectivity index (χ0) is 22.1. The second kappa shape index (κ2) is 8.42. The average Bonchev–Trinajstić information content (AvgIpc) is 3.05. The first kappa shape index (κ1) is 22.4. The van der Waals surface area contributed by atoms with E-state index in [1.807, 2.05) is 0 Å². The Balaban J connectivity index is 1.86. The fourth-order valence-electron chi connectivity index (χ4n) is 3.54. The van der Waals surface area contributed by atoms with Gasteiger partial charge in [0.25, 0.3) is 0 Å². The monoisotopic (exact) mass is 443 g/mol. The van der Waals surface area contributed by atoms with Crippen LogP contribution in [0.3, 0.4) is 0 Å². The van der Waals surface area contributed by atoms with E-state index in [4.69, 9.17) is 4.74 Å². The number of alkyl halides is 3. The fourth-order valence-corrected chi connectivity index (χ4v) is 4.81.